The minimum absolute atomic E-state index is 0.0505. The highest BCUT2D eigenvalue weighted by Gasteiger charge is 2.59. The normalized spacial score (nSPS) is 18.4. The maximum atomic E-state index is 14.3. The number of nitrogens with zero attached hydrogens (tertiary/aromatic N) is 1. The van der Waals surface area contributed by atoms with E-state index >= 15 is 0 Å². The number of carbonyl (C=O) groups excluding carboxylic acids is 1. The van der Waals surface area contributed by atoms with Gasteiger partial charge in [0.2, 0.25) is 5.60 Å². The Kier molecular flexibility index (Phi) is 6.30. The molecule has 1 N–H and O–H groups in total. The Bertz CT molecular complexity index is 1320. The molecule has 1 heterocycles. The first kappa shape index (κ1) is 23.8. The molecule has 1 atom stereocenters. The number of rotatable bonds is 3. The standard InChI is InChI=1S/C23H17Cl2F3N2O2S/c1-33(2)30-21(31)19-8-7-18(16-5-3-4-6-17(16)19)20-12-22(32-29-20,23(26,27)28)13-9-14(24)11-15(25)10-13/h3-12,29H,1-2H3. The smallest absolute Gasteiger partial charge is 0.266 e. The van der Waals surface area contributed by atoms with E-state index in [1.165, 1.54) is 6.07 Å². The van der Waals surface area contributed by atoms with Gasteiger partial charge >= 0.3 is 6.18 Å². The maximum absolute atomic E-state index is 14.3. The lowest BCUT2D eigenvalue weighted by atomic mass is 9.90. The summed E-state index contributed by atoms with van der Waals surface area (Å²) in [6.45, 7) is 0. The summed E-state index contributed by atoms with van der Waals surface area (Å²) in [5.41, 5.74) is 0.273. The molecule has 0 fully saturated rings. The first-order valence-corrected chi connectivity index (χ1v) is 12.3. The molecule has 10 heteroatoms. The number of hydrogen-bond donors (Lipinski definition) is 1. The zero-order valence-corrected chi connectivity index (χ0v) is 19.7. The molecular formula is C23H17Cl2F3N2O2S. The molecule has 0 aromatic heterocycles. The first-order chi connectivity index (χ1) is 15.5. The number of halogens is 5. The van der Waals surface area contributed by atoms with Crippen molar-refractivity contribution in [1.29, 1.82) is 0 Å². The van der Waals surface area contributed by atoms with Crippen LogP contribution in [0.2, 0.25) is 10.0 Å². The highest BCUT2D eigenvalue weighted by molar-refractivity contribution is 7.86. The van der Waals surface area contributed by atoms with E-state index < -0.39 is 22.5 Å². The minimum atomic E-state index is -4.82. The molecule has 0 saturated carbocycles. The predicted molar refractivity (Wildman–Crippen MR) is 126 cm³/mol. The second-order valence-corrected chi connectivity index (χ2v) is 10.1. The maximum Gasteiger partial charge on any atom is 0.428 e. The van der Waals surface area contributed by atoms with E-state index in [-0.39, 0.29) is 27.2 Å². The van der Waals surface area contributed by atoms with E-state index in [0.29, 0.717) is 21.9 Å². The molecule has 0 saturated heterocycles. The van der Waals surface area contributed by atoms with Crippen molar-refractivity contribution in [2.75, 3.05) is 12.5 Å². The molecule has 0 radical (unpaired) electrons. The van der Waals surface area contributed by atoms with Crippen molar-refractivity contribution in [3.8, 4) is 0 Å². The van der Waals surface area contributed by atoms with Gasteiger partial charge in [0.25, 0.3) is 5.91 Å². The molecule has 172 valence electrons. The van der Waals surface area contributed by atoms with Crippen LogP contribution in [-0.2, 0) is 21.1 Å². The van der Waals surface area contributed by atoms with Crippen molar-refractivity contribution >= 4 is 56.3 Å². The van der Waals surface area contributed by atoms with Gasteiger partial charge in [0.15, 0.2) is 0 Å². The quantitative estimate of drug-likeness (QED) is 0.425. The Hall–Kier alpha value is -2.39. The third-order valence-corrected chi connectivity index (χ3v) is 6.06. The molecule has 1 aliphatic heterocycles. The monoisotopic (exact) mass is 512 g/mol. The highest BCUT2D eigenvalue weighted by atomic mass is 35.5. The first-order valence-electron chi connectivity index (χ1n) is 9.58. The zero-order chi connectivity index (χ0) is 24.0. The summed E-state index contributed by atoms with van der Waals surface area (Å²) in [4.78, 5) is 17.8. The van der Waals surface area contributed by atoms with Crippen LogP contribution in [0.15, 0.2) is 65.0 Å². The minimum Gasteiger partial charge on any atom is -0.266 e. The van der Waals surface area contributed by atoms with Gasteiger partial charge in [-0.05, 0) is 53.6 Å². The Morgan fingerprint density at radius 3 is 2.27 bits per heavy atom. The van der Waals surface area contributed by atoms with Gasteiger partial charge in [-0.15, -0.1) is 0 Å². The van der Waals surface area contributed by atoms with Crippen molar-refractivity contribution in [1.82, 2.24) is 5.48 Å². The van der Waals surface area contributed by atoms with Gasteiger partial charge in [0, 0.05) is 21.2 Å². The topological polar surface area (TPSA) is 50.7 Å². The van der Waals surface area contributed by atoms with Crippen LogP contribution in [0.4, 0.5) is 13.2 Å². The summed E-state index contributed by atoms with van der Waals surface area (Å²) in [6.07, 6.45) is -0.230. The third kappa shape index (κ3) is 4.40. The number of alkyl halides is 3. The van der Waals surface area contributed by atoms with E-state index in [4.69, 9.17) is 28.0 Å². The largest absolute Gasteiger partial charge is 0.428 e. The van der Waals surface area contributed by atoms with Crippen molar-refractivity contribution in [2.24, 2.45) is 4.36 Å². The Morgan fingerprint density at radius 1 is 1.03 bits per heavy atom. The molecule has 0 spiro atoms. The summed E-state index contributed by atoms with van der Waals surface area (Å²) in [5.74, 6) is -0.381. The van der Waals surface area contributed by atoms with Gasteiger partial charge < -0.3 is 0 Å². The van der Waals surface area contributed by atoms with Crippen LogP contribution >= 0.6 is 23.2 Å². The van der Waals surface area contributed by atoms with Crippen LogP contribution in [0, 0.1) is 0 Å². The van der Waals surface area contributed by atoms with E-state index in [0.717, 1.165) is 18.2 Å². The van der Waals surface area contributed by atoms with Gasteiger partial charge in [-0.3, -0.25) is 15.1 Å². The lowest BCUT2D eigenvalue weighted by Gasteiger charge is -2.28. The third-order valence-electron chi connectivity index (χ3n) is 5.09. The molecule has 3 aromatic carbocycles. The van der Waals surface area contributed by atoms with Crippen LogP contribution in [-0.4, -0.2) is 24.6 Å². The van der Waals surface area contributed by atoms with Crippen LogP contribution < -0.4 is 5.48 Å². The fourth-order valence-electron chi connectivity index (χ4n) is 3.68. The van der Waals surface area contributed by atoms with E-state index in [1.807, 2.05) is 12.5 Å². The van der Waals surface area contributed by atoms with Crippen molar-refractivity contribution < 1.29 is 22.8 Å². The molecule has 33 heavy (non-hydrogen) atoms. The van der Waals surface area contributed by atoms with Gasteiger partial charge in [-0.25, -0.2) is 0 Å². The van der Waals surface area contributed by atoms with Gasteiger partial charge in [-0.2, -0.15) is 17.5 Å². The number of carbonyl (C=O) groups is 1. The molecule has 0 bridgehead atoms. The van der Waals surface area contributed by atoms with Crippen LogP contribution in [0.5, 0.6) is 0 Å². The molecule has 4 nitrogen and oxygen atoms in total. The average molecular weight is 513 g/mol. The lowest BCUT2D eigenvalue weighted by molar-refractivity contribution is -0.269. The second kappa shape index (κ2) is 8.76. The summed E-state index contributed by atoms with van der Waals surface area (Å²) in [6, 6.07) is 13.8. The summed E-state index contributed by atoms with van der Waals surface area (Å²) < 4.78 is 47.0. The fourth-order valence-corrected chi connectivity index (χ4v) is 4.64. The number of hydrogen-bond acceptors (Lipinski definition) is 3. The number of hydroxylamine groups is 1. The molecule has 0 aliphatic carbocycles. The molecule has 1 aliphatic rings. The van der Waals surface area contributed by atoms with E-state index in [1.54, 1.807) is 36.4 Å². The number of benzene rings is 3. The van der Waals surface area contributed by atoms with Crippen LogP contribution in [0.3, 0.4) is 0 Å². The summed E-state index contributed by atoms with van der Waals surface area (Å²) in [7, 11) is -0.457. The lowest BCUT2D eigenvalue weighted by Crippen LogP contribution is -2.42. The molecule has 4 rings (SSSR count). The second-order valence-electron chi connectivity index (χ2n) is 7.53. The van der Waals surface area contributed by atoms with Crippen molar-refractivity contribution in [3.63, 3.8) is 0 Å². The van der Waals surface area contributed by atoms with E-state index in [2.05, 4.69) is 9.84 Å². The number of nitrogens with one attached hydrogen (secondary N) is 1. The Balaban J connectivity index is 1.90. The SMILES string of the molecule is CS(C)=NC(=O)c1ccc(C2=CC(c3cc(Cl)cc(Cl)c3)(C(F)(F)F)ON2)c2ccccc12. The number of fused-ring (bicyclic) bond motifs is 1. The molecular weight excluding hydrogens is 496 g/mol. The van der Waals surface area contributed by atoms with Gasteiger partial charge in [0.05, 0.1) is 11.3 Å². The molecule has 3 aromatic rings. The zero-order valence-electron chi connectivity index (χ0n) is 17.3. The molecule has 1 amide bonds. The summed E-state index contributed by atoms with van der Waals surface area (Å²) in [5, 5.41) is 1.26. The number of amides is 1. The van der Waals surface area contributed by atoms with E-state index in [9.17, 15) is 18.0 Å². The molecule has 1 unspecified atom stereocenters. The van der Waals surface area contributed by atoms with Gasteiger partial charge in [-0.1, -0.05) is 64.2 Å². The fraction of sp³-hybridized carbons (Fsp3) is 0.174. The Morgan fingerprint density at radius 2 is 1.67 bits per heavy atom. The van der Waals surface area contributed by atoms with Crippen LogP contribution in [0.25, 0.3) is 16.5 Å². The van der Waals surface area contributed by atoms with Crippen molar-refractivity contribution in [3.05, 3.63) is 87.4 Å². The van der Waals surface area contributed by atoms with Crippen molar-refractivity contribution in [2.45, 2.75) is 11.8 Å². The predicted octanol–water partition coefficient (Wildman–Crippen LogP) is 6.68. The average Bonchev–Trinajstić information content (AvgIpc) is 3.18. The Labute approximate surface area is 200 Å². The highest BCUT2D eigenvalue weighted by Crippen LogP contribution is 2.48. The van der Waals surface area contributed by atoms with Gasteiger partial charge in [0.1, 0.15) is 0 Å². The summed E-state index contributed by atoms with van der Waals surface area (Å²) >= 11 is 11.9. The van der Waals surface area contributed by atoms with Crippen LogP contribution in [0.1, 0.15) is 21.5 Å².